The first-order chi connectivity index (χ1) is 13.8. The minimum absolute atomic E-state index is 0.0423. The smallest absolute Gasteiger partial charge is 0.360 e. The number of ether oxygens (including phenoxy) is 1. The zero-order valence-electron chi connectivity index (χ0n) is 16.4. The van der Waals surface area contributed by atoms with Gasteiger partial charge in [-0.2, -0.15) is 0 Å². The van der Waals surface area contributed by atoms with Gasteiger partial charge in [-0.15, -0.1) is 11.3 Å². The Morgan fingerprint density at radius 2 is 1.97 bits per heavy atom. The number of oxazole rings is 1. The number of benzene rings is 1. The third-order valence-corrected chi connectivity index (χ3v) is 5.21. The maximum atomic E-state index is 12.6. The molecule has 152 valence electrons. The molecule has 0 saturated heterocycles. The molecule has 2 N–H and O–H groups in total. The van der Waals surface area contributed by atoms with Gasteiger partial charge in [-0.1, -0.05) is 26.0 Å². The number of carbonyl (C=O) groups is 2. The Balaban J connectivity index is 1.85. The van der Waals surface area contributed by atoms with Gasteiger partial charge in [0.25, 0.3) is 5.91 Å². The molecule has 1 aromatic carbocycles. The SMILES string of the molecule is COC(=O)c1nc(-c2csc([C@@H](NC(=O)c3ccccc3O)C(C)C)n2)oc1C. The second-order valence-corrected chi connectivity index (χ2v) is 7.59. The Labute approximate surface area is 171 Å². The molecule has 0 fully saturated rings. The Morgan fingerprint density at radius 3 is 2.62 bits per heavy atom. The number of esters is 1. The number of nitrogens with zero attached hydrogens (tertiary/aromatic N) is 2. The van der Waals surface area contributed by atoms with Crippen LogP contribution in [0.4, 0.5) is 0 Å². The molecule has 0 radical (unpaired) electrons. The number of aryl methyl sites for hydroxylation is 1. The maximum Gasteiger partial charge on any atom is 0.360 e. The molecule has 0 bridgehead atoms. The van der Waals surface area contributed by atoms with Crippen molar-refractivity contribution in [3.63, 3.8) is 0 Å². The van der Waals surface area contributed by atoms with Gasteiger partial charge in [0.2, 0.25) is 5.89 Å². The van der Waals surface area contributed by atoms with Crippen LogP contribution in [0.3, 0.4) is 0 Å². The topological polar surface area (TPSA) is 115 Å². The number of phenols is 1. The summed E-state index contributed by atoms with van der Waals surface area (Å²) in [7, 11) is 1.28. The van der Waals surface area contributed by atoms with E-state index in [2.05, 4.69) is 20.0 Å². The van der Waals surface area contributed by atoms with Crippen LogP contribution >= 0.6 is 11.3 Å². The molecule has 0 aliphatic heterocycles. The van der Waals surface area contributed by atoms with E-state index in [4.69, 9.17) is 4.42 Å². The van der Waals surface area contributed by atoms with Gasteiger partial charge >= 0.3 is 5.97 Å². The maximum absolute atomic E-state index is 12.6. The molecule has 2 heterocycles. The Morgan fingerprint density at radius 1 is 1.24 bits per heavy atom. The largest absolute Gasteiger partial charge is 0.507 e. The summed E-state index contributed by atoms with van der Waals surface area (Å²) in [4.78, 5) is 33.1. The number of methoxy groups -OCH3 is 1. The standard InChI is InChI=1S/C20H21N3O5S/c1-10(2)15(22-17(25)12-7-5-6-8-14(12)24)19-21-13(9-29-19)18-23-16(11(3)28-18)20(26)27-4/h5-10,15,24H,1-4H3,(H,22,25)/t15-/m0/s1. The highest BCUT2D eigenvalue weighted by atomic mass is 32.1. The van der Waals surface area contributed by atoms with Crippen molar-refractivity contribution in [2.75, 3.05) is 7.11 Å². The fourth-order valence-electron chi connectivity index (χ4n) is 2.72. The zero-order valence-corrected chi connectivity index (χ0v) is 17.2. The molecule has 0 unspecified atom stereocenters. The van der Waals surface area contributed by atoms with Gasteiger partial charge in [-0.3, -0.25) is 4.79 Å². The minimum Gasteiger partial charge on any atom is -0.507 e. The lowest BCUT2D eigenvalue weighted by atomic mass is 10.0. The van der Waals surface area contributed by atoms with Gasteiger partial charge in [-0.25, -0.2) is 14.8 Å². The number of aromatic hydroxyl groups is 1. The van der Waals surface area contributed by atoms with Crippen molar-refractivity contribution >= 4 is 23.2 Å². The Kier molecular flexibility index (Phi) is 5.97. The Hall–Kier alpha value is -3.20. The normalized spacial score (nSPS) is 12.0. The monoisotopic (exact) mass is 415 g/mol. The molecule has 3 rings (SSSR count). The number of hydrogen-bond acceptors (Lipinski definition) is 8. The first-order valence-electron chi connectivity index (χ1n) is 8.92. The summed E-state index contributed by atoms with van der Waals surface area (Å²) < 4.78 is 10.2. The van der Waals surface area contributed by atoms with E-state index in [0.29, 0.717) is 16.5 Å². The zero-order chi connectivity index (χ0) is 21.1. The molecular formula is C20H21N3O5S. The number of amides is 1. The van der Waals surface area contributed by atoms with E-state index in [0.717, 1.165) is 0 Å². The number of carbonyl (C=O) groups excluding carboxylic acids is 2. The van der Waals surface area contributed by atoms with E-state index in [1.165, 1.54) is 24.5 Å². The fraction of sp³-hybridized carbons (Fsp3) is 0.300. The van der Waals surface area contributed by atoms with E-state index in [9.17, 15) is 14.7 Å². The van der Waals surface area contributed by atoms with E-state index < -0.39 is 11.9 Å². The lowest BCUT2D eigenvalue weighted by Gasteiger charge is -2.20. The average molecular weight is 415 g/mol. The van der Waals surface area contributed by atoms with Crippen molar-refractivity contribution < 1.29 is 23.8 Å². The van der Waals surface area contributed by atoms with Crippen LogP contribution in [0.2, 0.25) is 0 Å². The van der Waals surface area contributed by atoms with Gasteiger partial charge in [0.15, 0.2) is 5.69 Å². The second kappa shape index (κ2) is 8.44. The lowest BCUT2D eigenvalue weighted by molar-refractivity contribution is 0.0592. The molecule has 3 aromatic rings. The quantitative estimate of drug-likeness (QED) is 0.590. The summed E-state index contributed by atoms with van der Waals surface area (Å²) in [5.74, 6) is -0.463. The molecule has 0 aliphatic carbocycles. The van der Waals surface area contributed by atoms with Crippen LogP contribution in [0.1, 0.15) is 51.5 Å². The third kappa shape index (κ3) is 4.29. The molecule has 2 aromatic heterocycles. The number of hydrogen-bond donors (Lipinski definition) is 2. The van der Waals surface area contributed by atoms with Crippen molar-refractivity contribution in [3.8, 4) is 17.3 Å². The predicted octanol–water partition coefficient (Wildman–Crippen LogP) is 3.73. The van der Waals surface area contributed by atoms with Gasteiger partial charge in [0.05, 0.1) is 18.7 Å². The number of nitrogens with one attached hydrogen (secondary N) is 1. The molecule has 0 saturated carbocycles. The number of thiazole rings is 1. The number of aromatic nitrogens is 2. The first kappa shape index (κ1) is 20.5. The second-order valence-electron chi connectivity index (χ2n) is 6.70. The highest BCUT2D eigenvalue weighted by molar-refractivity contribution is 7.10. The predicted molar refractivity (Wildman–Crippen MR) is 107 cm³/mol. The van der Waals surface area contributed by atoms with Crippen LogP contribution < -0.4 is 5.32 Å². The molecule has 9 heteroatoms. The van der Waals surface area contributed by atoms with E-state index in [-0.39, 0.29) is 34.9 Å². The number of para-hydroxylation sites is 1. The third-order valence-electron chi connectivity index (χ3n) is 4.28. The van der Waals surface area contributed by atoms with Crippen LogP contribution in [-0.2, 0) is 4.74 Å². The summed E-state index contributed by atoms with van der Waals surface area (Å²) in [6, 6.07) is 5.98. The number of rotatable bonds is 6. The van der Waals surface area contributed by atoms with E-state index in [1.807, 2.05) is 13.8 Å². The summed E-state index contributed by atoms with van der Waals surface area (Å²) in [6.07, 6.45) is 0. The lowest BCUT2D eigenvalue weighted by Crippen LogP contribution is -2.31. The average Bonchev–Trinajstić information content (AvgIpc) is 3.32. The highest BCUT2D eigenvalue weighted by Crippen LogP contribution is 2.30. The van der Waals surface area contributed by atoms with Gasteiger partial charge < -0.3 is 19.6 Å². The summed E-state index contributed by atoms with van der Waals surface area (Å²) in [5, 5.41) is 15.3. The van der Waals surface area contributed by atoms with Crippen LogP contribution in [0, 0.1) is 12.8 Å². The summed E-state index contributed by atoms with van der Waals surface area (Å²) in [5.41, 5.74) is 0.761. The van der Waals surface area contributed by atoms with Crippen molar-refractivity contribution in [2.45, 2.75) is 26.8 Å². The van der Waals surface area contributed by atoms with Crippen LogP contribution in [-0.4, -0.2) is 34.1 Å². The summed E-state index contributed by atoms with van der Waals surface area (Å²) >= 11 is 1.35. The van der Waals surface area contributed by atoms with E-state index in [1.54, 1.807) is 30.5 Å². The van der Waals surface area contributed by atoms with Crippen molar-refractivity contribution in [3.05, 3.63) is 51.7 Å². The van der Waals surface area contributed by atoms with Crippen LogP contribution in [0.5, 0.6) is 5.75 Å². The van der Waals surface area contributed by atoms with Crippen molar-refractivity contribution in [1.82, 2.24) is 15.3 Å². The molecule has 0 aliphatic rings. The molecule has 29 heavy (non-hydrogen) atoms. The molecule has 0 spiro atoms. The molecular weight excluding hydrogens is 394 g/mol. The molecule has 1 atom stereocenters. The minimum atomic E-state index is -0.581. The Bertz CT molecular complexity index is 1040. The van der Waals surface area contributed by atoms with Crippen molar-refractivity contribution in [2.24, 2.45) is 5.92 Å². The van der Waals surface area contributed by atoms with Crippen LogP contribution in [0.15, 0.2) is 34.1 Å². The van der Waals surface area contributed by atoms with Gasteiger partial charge in [0.1, 0.15) is 22.2 Å². The first-order valence-corrected chi connectivity index (χ1v) is 9.80. The fourth-order valence-corrected chi connectivity index (χ4v) is 3.73. The van der Waals surface area contributed by atoms with Gasteiger partial charge in [0, 0.05) is 5.38 Å². The highest BCUT2D eigenvalue weighted by Gasteiger charge is 2.25. The van der Waals surface area contributed by atoms with E-state index >= 15 is 0 Å². The molecule has 1 amide bonds. The van der Waals surface area contributed by atoms with Gasteiger partial charge in [-0.05, 0) is 25.0 Å². The molecule has 8 nitrogen and oxygen atoms in total. The van der Waals surface area contributed by atoms with Crippen LogP contribution in [0.25, 0.3) is 11.6 Å². The number of phenolic OH excluding ortho intramolecular Hbond substituents is 1. The van der Waals surface area contributed by atoms with Crippen molar-refractivity contribution in [1.29, 1.82) is 0 Å². The summed E-state index contributed by atoms with van der Waals surface area (Å²) in [6.45, 7) is 5.54.